The van der Waals surface area contributed by atoms with Crippen LogP contribution in [0.25, 0.3) is 10.9 Å². The van der Waals surface area contributed by atoms with Gasteiger partial charge in [-0.1, -0.05) is 36.4 Å². The molecule has 112 valence electrons. The highest BCUT2D eigenvalue weighted by Gasteiger charge is 2.43. The molecule has 0 aliphatic rings. The molecule has 1 aromatic heterocycles. The number of nitrogens with one attached hydrogen (secondary N) is 1. The van der Waals surface area contributed by atoms with Gasteiger partial charge in [-0.2, -0.15) is 8.78 Å². The van der Waals surface area contributed by atoms with Crippen LogP contribution in [0, 0.1) is 0 Å². The molecule has 3 aromatic rings. The molecular formula is C17H14F2N2O. The van der Waals surface area contributed by atoms with E-state index in [0.717, 1.165) is 0 Å². The number of nitrogens with zero attached hydrogens (tertiary/aromatic N) is 1. The Balaban J connectivity index is 1.97. The number of halogens is 2. The molecule has 0 saturated carbocycles. The molecule has 0 bridgehead atoms. The van der Waals surface area contributed by atoms with E-state index in [0.29, 0.717) is 16.6 Å². The largest absolute Gasteiger partial charge is 0.364 e. The second kappa shape index (κ2) is 5.26. The quantitative estimate of drug-likeness (QED) is 0.782. The zero-order valence-corrected chi connectivity index (χ0v) is 11.9. The van der Waals surface area contributed by atoms with E-state index in [1.165, 1.54) is 17.7 Å². The summed E-state index contributed by atoms with van der Waals surface area (Å²) >= 11 is 0. The van der Waals surface area contributed by atoms with Gasteiger partial charge >= 0.3 is 11.8 Å². The van der Waals surface area contributed by atoms with Crippen molar-refractivity contribution in [3.63, 3.8) is 0 Å². The van der Waals surface area contributed by atoms with Crippen LogP contribution in [-0.4, -0.2) is 10.5 Å². The molecule has 0 unspecified atom stereocenters. The third kappa shape index (κ3) is 2.35. The van der Waals surface area contributed by atoms with Crippen molar-refractivity contribution in [1.29, 1.82) is 0 Å². The van der Waals surface area contributed by atoms with E-state index in [1.54, 1.807) is 54.6 Å². The van der Waals surface area contributed by atoms with Gasteiger partial charge in [-0.25, -0.2) is 0 Å². The Morgan fingerprint density at radius 3 is 2.36 bits per heavy atom. The fourth-order valence-electron chi connectivity index (χ4n) is 2.44. The second-order valence-electron chi connectivity index (χ2n) is 5.04. The van der Waals surface area contributed by atoms with Crippen LogP contribution >= 0.6 is 0 Å². The van der Waals surface area contributed by atoms with Gasteiger partial charge in [-0.05, 0) is 24.3 Å². The molecular weight excluding hydrogens is 286 g/mol. The Bertz CT molecular complexity index is 825. The number of anilines is 1. The molecule has 3 nitrogen and oxygen atoms in total. The maximum absolute atomic E-state index is 14.5. The molecule has 0 spiro atoms. The summed E-state index contributed by atoms with van der Waals surface area (Å²) in [5.41, 5.74) is 0.665. The van der Waals surface area contributed by atoms with Crippen molar-refractivity contribution in [2.45, 2.75) is 5.92 Å². The van der Waals surface area contributed by atoms with Gasteiger partial charge in [0.25, 0.3) is 0 Å². The monoisotopic (exact) mass is 300 g/mol. The minimum absolute atomic E-state index is 0.331. The van der Waals surface area contributed by atoms with Gasteiger partial charge in [0, 0.05) is 23.6 Å². The van der Waals surface area contributed by atoms with E-state index in [2.05, 4.69) is 5.32 Å². The third-order valence-electron chi connectivity index (χ3n) is 3.59. The molecule has 22 heavy (non-hydrogen) atoms. The summed E-state index contributed by atoms with van der Waals surface area (Å²) in [5, 5.41) is 2.92. The molecule has 3 rings (SSSR count). The fraction of sp³-hybridized carbons (Fsp3) is 0.118. The zero-order valence-electron chi connectivity index (χ0n) is 11.9. The van der Waals surface area contributed by atoms with E-state index < -0.39 is 11.8 Å². The maximum Gasteiger partial charge on any atom is 0.364 e. The average Bonchev–Trinajstić information content (AvgIpc) is 2.86. The van der Waals surface area contributed by atoms with Crippen molar-refractivity contribution in [1.82, 2.24) is 4.57 Å². The second-order valence-corrected chi connectivity index (χ2v) is 5.04. The lowest BCUT2D eigenvalue weighted by molar-refractivity contribution is -0.141. The summed E-state index contributed by atoms with van der Waals surface area (Å²) < 4.78 is 30.3. The van der Waals surface area contributed by atoms with Gasteiger partial charge in [0.1, 0.15) is 0 Å². The highest BCUT2D eigenvalue weighted by atomic mass is 19.3. The van der Waals surface area contributed by atoms with Crippen LogP contribution in [0.1, 0.15) is 5.69 Å². The zero-order chi connectivity index (χ0) is 15.7. The van der Waals surface area contributed by atoms with Crippen LogP contribution in [0.4, 0.5) is 14.5 Å². The minimum Gasteiger partial charge on any atom is -0.342 e. The first-order chi connectivity index (χ1) is 10.5. The van der Waals surface area contributed by atoms with Crippen molar-refractivity contribution in [2.24, 2.45) is 7.05 Å². The van der Waals surface area contributed by atoms with Crippen LogP contribution in [0.15, 0.2) is 60.7 Å². The van der Waals surface area contributed by atoms with Crippen LogP contribution < -0.4 is 5.32 Å². The van der Waals surface area contributed by atoms with Crippen molar-refractivity contribution in [2.75, 3.05) is 5.32 Å². The number of benzene rings is 2. The highest BCUT2D eigenvalue weighted by molar-refractivity contribution is 5.97. The Hall–Kier alpha value is -2.69. The molecule has 0 aliphatic carbocycles. The number of carbonyl (C=O) groups excluding carboxylic acids is 1. The van der Waals surface area contributed by atoms with Gasteiger partial charge in [0.05, 0.1) is 5.69 Å². The lowest BCUT2D eigenvalue weighted by Crippen LogP contribution is -2.33. The summed E-state index contributed by atoms with van der Waals surface area (Å²) in [6.45, 7) is 0. The first-order valence-corrected chi connectivity index (χ1v) is 6.79. The molecule has 1 heterocycles. The van der Waals surface area contributed by atoms with E-state index >= 15 is 0 Å². The van der Waals surface area contributed by atoms with Crippen LogP contribution in [0.5, 0.6) is 0 Å². The number of amides is 1. The molecule has 1 amide bonds. The van der Waals surface area contributed by atoms with Crippen molar-refractivity contribution >= 4 is 22.5 Å². The molecule has 0 atom stereocenters. The van der Waals surface area contributed by atoms with E-state index in [4.69, 9.17) is 0 Å². The molecule has 0 fully saturated rings. The summed E-state index contributed by atoms with van der Waals surface area (Å²) in [6.07, 6.45) is 0. The topological polar surface area (TPSA) is 34.0 Å². The molecule has 0 aliphatic heterocycles. The molecule has 5 heteroatoms. The van der Waals surface area contributed by atoms with Crippen molar-refractivity contribution < 1.29 is 13.6 Å². The number of alkyl halides is 2. The van der Waals surface area contributed by atoms with E-state index in [1.807, 2.05) is 0 Å². The normalized spacial score (nSPS) is 11.6. The number of para-hydroxylation sites is 2. The lowest BCUT2D eigenvalue weighted by Gasteiger charge is -2.17. The number of rotatable bonds is 3. The molecule has 2 aromatic carbocycles. The predicted octanol–water partition coefficient (Wildman–Crippen LogP) is 3.91. The summed E-state index contributed by atoms with van der Waals surface area (Å²) in [7, 11) is 1.53. The Morgan fingerprint density at radius 2 is 1.68 bits per heavy atom. The van der Waals surface area contributed by atoms with Gasteiger partial charge in [0.15, 0.2) is 0 Å². The predicted molar refractivity (Wildman–Crippen MR) is 81.9 cm³/mol. The van der Waals surface area contributed by atoms with Crippen LogP contribution in [0.2, 0.25) is 0 Å². The Morgan fingerprint density at radius 1 is 1.05 bits per heavy atom. The smallest absolute Gasteiger partial charge is 0.342 e. The summed E-state index contributed by atoms with van der Waals surface area (Å²) in [6, 6.07) is 16.6. The number of carbonyl (C=O) groups is 1. The van der Waals surface area contributed by atoms with Crippen LogP contribution in [-0.2, 0) is 17.8 Å². The molecule has 0 saturated heterocycles. The van der Waals surface area contributed by atoms with Gasteiger partial charge in [0.2, 0.25) is 0 Å². The SMILES string of the molecule is Cn1c(C(F)(F)C(=O)Nc2ccccc2)cc2ccccc21. The van der Waals surface area contributed by atoms with Crippen molar-refractivity contribution in [3.8, 4) is 0 Å². The highest BCUT2D eigenvalue weighted by Crippen LogP contribution is 2.33. The van der Waals surface area contributed by atoms with Crippen LogP contribution in [0.3, 0.4) is 0 Å². The van der Waals surface area contributed by atoms with Gasteiger partial charge < -0.3 is 9.88 Å². The van der Waals surface area contributed by atoms with Gasteiger partial charge in [-0.15, -0.1) is 0 Å². The summed E-state index contributed by atoms with van der Waals surface area (Å²) in [4.78, 5) is 12.0. The number of hydrogen-bond acceptors (Lipinski definition) is 1. The number of aryl methyl sites for hydroxylation is 1. The van der Waals surface area contributed by atoms with Gasteiger partial charge in [-0.3, -0.25) is 4.79 Å². The minimum atomic E-state index is -3.62. The van der Waals surface area contributed by atoms with E-state index in [9.17, 15) is 13.6 Å². The number of fused-ring (bicyclic) bond motifs is 1. The Labute approximate surface area is 126 Å². The van der Waals surface area contributed by atoms with E-state index in [-0.39, 0.29) is 5.69 Å². The summed E-state index contributed by atoms with van der Waals surface area (Å²) in [5.74, 6) is -4.96. The lowest BCUT2D eigenvalue weighted by atomic mass is 10.2. The number of aromatic nitrogens is 1. The first-order valence-electron chi connectivity index (χ1n) is 6.79. The Kier molecular flexibility index (Phi) is 3.41. The number of hydrogen-bond donors (Lipinski definition) is 1. The van der Waals surface area contributed by atoms with Crippen molar-refractivity contribution in [3.05, 3.63) is 66.4 Å². The standard InChI is InChI=1S/C17H14F2N2O/c1-21-14-10-6-5-7-12(14)11-15(21)17(18,19)16(22)20-13-8-3-2-4-9-13/h2-11H,1H3,(H,20,22). The first kappa shape index (κ1) is 14.3. The third-order valence-corrected chi connectivity index (χ3v) is 3.59. The average molecular weight is 300 g/mol. The molecule has 0 radical (unpaired) electrons. The molecule has 1 N–H and O–H groups in total. The maximum atomic E-state index is 14.5. The fourth-order valence-corrected chi connectivity index (χ4v) is 2.44.